The molecule has 2 aromatic carbocycles. The number of nitrogens with one attached hydrogen (secondary N) is 1. The van der Waals surface area contributed by atoms with Crippen LogP contribution in [-0.4, -0.2) is 17.1 Å². The zero-order valence-corrected chi connectivity index (χ0v) is 17.4. The quantitative estimate of drug-likeness (QED) is 0.388. The third-order valence-electron chi connectivity index (χ3n) is 3.84. The second kappa shape index (κ2) is 9.37. The third kappa shape index (κ3) is 5.44. The minimum absolute atomic E-state index is 0.169. The molecule has 0 aliphatic heterocycles. The number of halogens is 1. The fourth-order valence-electron chi connectivity index (χ4n) is 2.43. The van der Waals surface area contributed by atoms with Crippen LogP contribution in [0, 0.1) is 11.3 Å². The summed E-state index contributed by atoms with van der Waals surface area (Å²) in [6.45, 7) is 3.61. The molecule has 1 N–H and O–H groups in total. The Morgan fingerprint density at radius 3 is 2.52 bits per heavy atom. The Hall–Kier alpha value is -3.14. The SMILES string of the molecule is CC(C)OC(=O)c1ccc(N/C=C(\C#N)c2nc(-c3ccc(Cl)cc3)cs2)cc1. The smallest absolute Gasteiger partial charge is 0.338 e. The molecule has 3 aromatic rings. The second-order valence-corrected chi connectivity index (χ2v) is 7.68. The van der Waals surface area contributed by atoms with Gasteiger partial charge in [-0.05, 0) is 50.2 Å². The van der Waals surface area contributed by atoms with Crippen LogP contribution in [0.1, 0.15) is 29.2 Å². The normalized spacial score (nSPS) is 11.2. The van der Waals surface area contributed by atoms with Crippen molar-refractivity contribution in [2.45, 2.75) is 20.0 Å². The highest BCUT2D eigenvalue weighted by Crippen LogP contribution is 2.27. The van der Waals surface area contributed by atoms with Crippen molar-refractivity contribution < 1.29 is 9.53 Å². The highest BCUT2D eigenvalue weighted by Gasteiger charge is 2.10. The Labute approximate surface area is 178 Å². The highest BCUT2D eigenvalue weighted by molar-refractivity contribution is 7.11. The lowest BCUT2D eigenvalue weighted by Crippen LogP contribution is -2.11. The maximum atomic E-state index is 11.9. The number of hydrogen-bond acceptors (Lipinski definition) is 6. The molecular formula is C22H18ClN3O2S. The summed E-state index contributed by atoms with van der Waals surface area (Å²) in [5.41, 5.74) is 3.36. The van der Waals surface area contributed by atoms with E-state index in [-0.39, 0.29) is 12.1 Å². The molecule has 0 amide bonds. The maximum Gasteiger partial charge on any atom is 0.338 e. The summed E-state index contributed by atoms with van der Waals surface area (Å²) in [5, 5.41) is 15.8. The van der Waals surface area contributed by atoms with E-state index in [1.165, 1.54) is 11.3 Å². The van der Waals surface area contributed by atoms with Gasteiger partial charge in [-0.3, -0.25) is 0 Å². The fraction of sp³-hybridized carbons (Fsp3) is 0.136. The number of anilines is 1. The fourth-order valence-corrected chi connectivity index (χ4v) is 3.35. The molecule has 7 heteroatoms. The van der Waals surface area contributed by atoms with Crippen molar-refractivity contribution in [2.75, 3.05) is 5.32 Å². The molecule has 0 aliphatic carbocycles. The molecule has 0 radical (unpaired) electrons. The van der Waals surface area contributed by atoms with Crippen molar-refractivity contribution in [3.05, 3.63) is 75.7 Å². The average molecular weight is 424 g/mol. The van der Waals surface area contributed by atoms with Gasteiger partial charge in [-0.25, -0.2) is 9.78 Å². The Kier molecular flexibility index (Phi) is 6.65. The molecule has 5 nitrogen and oxygen atoms in total. The Bertz CT molecular complexity index is 1060. The first-order valence-corrected chi connectivity index (χ1v) is 10.1. The molecule has 1 aromatic heterocycles. The van der Waals surface area contributed by atoms with E-state index in [1.54, 1.807) is 56.4 Å². The van der Waals surface area contributed by atoms with Crippen molar-refractivity contribution in [1.82, 2.24) is 4.98 Å². The van der Waals surface area contributed by atoms with Crippen LogP contribution >= 0.6 is 22.9 Å². The number of benzene rings is 2. The van der Waals surface area contributed by atoms with Gasteiger partial charge in [0.15, 0.2) is 0 Å². The van der Waals surface area contributed by atoms with Crippen molar-refractivity contribution in [3.8, 4) is 17.3 Å². The number of thiazole rings is 1. The third-order valence-corrected chi connectivity index (χ3v) is 4.97. The lowest BCUT2D eigenvalue weighted by atomic mass is 10.2. The molecule has 0 unspecified atom stereocenters. The molecule has 3 rings (SSSR count). The van der Waals surface area contributed by atoms with Gasteiger partial charge >= 0.3 is 5.97 Å². The zero-order chi connectivity index (χ0) is 20.8. The van der Waals surface area contributed by atoms with Crippen LogP contribution in [0.15, 0.2) is 60.1 Å². The minimum Gasteiger partial charge on any atom is -0.459 e. The molecule has 29 heavy (non-hydrogen) atoms. The molecule has 0 atom stereocenters. The van der Waals surface area contributed by atoms with Gasteiger partial charge in [-0.2, -0.15) is 5.26 Å². The predicted octanol–water partition coefficient (Wildman–Crippen LogP) is 6.01. The number of esters is 1. The van der Waals surface area contributed by atoms with E-state index in [0.29, 0.717) is 21.2 Å². The molecule has 0 fully saturated rings. The van der Waals surface area contributed by atoms with Crippen LogP contribution in [0.5, 0.6) is 0 Å². The van der Waals surface area contributed by atoms with Crippen molar-refractivity contribution in [2.24, 2.45) is 0 Å². The molecule has 0 aliphatic rings. The Morgan fingerprint density at radius 2 is 1.90 bits per heavy atom. The monoisotopic (exact) mass is 423 g/mol. The predicted molar refractivity (Wildman–Crippen MR) is 117 cm³/mol. The summed E-state index contributed by atoms with van der Waals surface area (Å²) in [7, 11) is 0. The van der Waals surface area contributed by atoms with E-state index in [2.05, 4.69) is 16.4 Å². The van der Waals surface area contributed by atoms with Crippen molar-refractivity contribution in [1.29, 1.82) is 5.26 Å². The number of nitriles is 1. The maximum absolute atomic E-state index is 11.9. The first-order valence-electron chi connectivity index (χ1n) is 8.86. The van der Waals surface area contributed by atoms with E-state index in [9.17, 15) is 10.1 Å². The number of carbonyl (C=O) groups excluding carboxylic acids is 1. The van der Waals surface area contributed by atoms with Gasteiger partial charge in [-0.15, -0.1) is 11.3 Å². The van der Waals surface area contributed by atoms with Gasteiger partial charge in [-0.1, -0.05) is 23.7 Å². The van der Waals surface area contributed by atoms with Crippen LogP contribution in [-0.2, 0) is 4.74 Å². The molecule has 0 bridgehead atoms. The van der Waals surface area contributed by atoms with Crippen LogP contribution in [0.4, 0.5) is 5.69 Å². The van der Waals surface area contributed by atoms with Crippen molar-refractivity contribution >= 4 is 40.2 Å². The van der Waals surface area contributed by atoms with Gasteiger partial charge in [0.05, 0.1) is 17.4 Å². The van der Waals surface area contributed by atoms with Gasteiger partial charge in [0.25, 0.3) is 0 Å². The lowest BCUT2D eigenvalue weighted by molar-refractivity contribution is 0.0378. The van der Waals surface area contributed by atoms with E-state index in [0.717, 1.165) is 16.9 Å². The van der Waals surface area contributed by atoms with Gasteiger partial charge < -0.3 is 10.1 Å². The topological polar surface area (TPSA) is 75.0 Å². The van der Waals surface area contributed by atoms with Crippen molar-refractivity contribution in [3.63, 3.8) is 0 Å². The first-order chi connectivity index (χ1) is 14.0. The summed E-state index contributed by atoms with van der Waals surface area (Å²) in [6.07, 6.45) is 1.43. The molecule has 0 saturated heterocycles. The minimum atomic E-state index is -0.364. The van der Waals surface area contributed by atoms with E-state index >= 15 is 0 Å². The number of allylic oxidation sites excluding steroid dienone is 1. The largest absolute Gasteiger partial charge is 0.459 e. The molecule has 1 heterocycles. The number of ether oxygens (including phenoxy) is 1. The number of hydrogen-bond donors (Lipinski definition) is 1. The van der Waals surface area contributed by atoms with Crippen LogP contribution in [0.25, 0.3) is 16.8 Å². The van der Waals surface area contributed by atoms with Gasteiger partial charge in [0.1, 0.15) is 16.6 Å². The van der Waals surface area contributed by atoms with E-state index < -0.39 is 0 Å². The second-order valence-electron chi connectivity index (χ2n) is 6.39. The number of carbonyl (C=O) groups is 1. The Balaban J connectivity index is 1.72. The summed E-state index contributed by atoms with van der Waals surface area (Å²) in [4.78, 5) is 16.4. The summed E-state index contributed by atoms with van der Waals surface area (Å²) in [6, 6.07) is 16.4. The van der Waals surface area contributed by atoms with E-state index in [1.807, 2.05) is 17.5 Å². The number of aromatic nitrogens is 1. The zero-order valence-electron chi connectivity index (χ0n) is 15.8. The molecule has 146 valence electrons. The number of nitrogens with zero attached hydrogens (tertiary/aromatic N) is 2. The lowest BCUT2D eigenvalue weighted by Gasteiger charge is -2.08. The van der Waals surface area contributed by atoms with Crippen LogP contribution in [0.2, 0.25) is 5.02 Å². The summed E-state index contributed by atoms with van der Waals surface area (Å²) in [5.74, 6) is -0.364. The highest BCUT2D eigenvalue weighted by atomic mass is 35.5. The number of rotatable bonds is 6. The van der Waals surface area contributed by atoms with Gasteiger partial charge in [0, 0.05) is 27.9 Å². The van der Waals surface area contributed by atoms with Crippen LogP contribution < -0.4 is 5.32 Å². The standard InChI is InChI=1S/C22H18ClN3O2S/c1-14(2)28-22(27)16-5-9-19(10-6-16)25-12-17(11-24)21-26-20(13-29-21)15-3-7-18(23)8-4-15/h3-10,12-14,25H,1-2H3/b17-12+. The summed E-state index contributed by atoms with van der Waals surface area (Å²) >= 11 is 7.31. The van der Waals surface area contributed by atoms with E-state index in [4.69, 9.17) is 16.3 Å². The van der Waals surface area contributed by atoms with Gasteiger partial charge in [0.2, 0.25) is 0 Å². The Morgan fingerprint density at radius 1 is 1.21 bits per heavy atom. The first kappa shape index (κ1) is 20.6. The summed E-state index contributed by atoms with van der Waals surface area (Å²) < 4.78 is 5.17. The molecule has 0 spiro atoms. The molecular weight excluding hydrogens is 406 g/mol. The van der Waals surface area contributed by atoms with Crippen LogP contribution in [0.3, 0.4) is 0 Å². The molecule has 0 saturated carbocycles. The average Bonchev–Trinajstić information content (AvgIpc) is 3.19.